The van der Waals surface area contributed by atoms with Gasteiger partial charge in [0, 0.05) is 0 Å². The Morgan fingerprint density at radius 3 is 1.87 bits per heavy atom. The number of benzene rings is 1. The summed E-state index contributed by atoms with van der Waals surface area (Å²) in [5, 5.41) is 0. The summed E-state index contributed by atoms with van der Waals surface area (Å²) in [4.78, 5) is 0.364. The summed E-state index contributed by atoms with van der Waals surface area (Å²) in [7, 11) is -3.53. The van der Waals surface area contributed by atoms with Crippen LogP contribution in [-0.2, 0) is 10.0 Å². The predicted octanol–water partition coefficient (Wildman–Crippen LogP) is 7.51. The molecule has 0 spiro atoms. The Balaban J connectivity index is 3.07. The van der Waals surface area contributed by atoms with E-state index >= 15 is 0 Å². The molecule has 0 aromatic heterocycles. The van der Waals surface area contributed by atoms with E-state index < -0.39 is 28.4 Å². The second kappa shape index (κ2) is 14.5. The van der Waals surface area contributed by atoms with Gasteiger partial charge in [0.05, 0.1) is 0 Å². The molecular formula is C26H45NO2SSn. The molecule has 0 unspecified atom stereocenters. The van der Waals surface area contributed by atoms with Crippen LogP contribution in [0.3, 0.4) is 0 Å². The second-order valence-corrected chi connectivity index (χ2v) is 24.5. The van der Waals surface area contributed by atoms with Gasteiger partial charge in [-0.3, -0.25) is 0 Å². The first kappa shape index (κ1) is 28.4. The van der Waals surface area contributed by atoms with Gasteiger partial charge < -0.3 is 0 Å². The van der Waals surface area contributed by atoms with E-state index in [1.54, 1.807) is 22.5 Å². The van der Waals surface area contributed by atoms with E-state index in [4.69, 9.17) is 0 Å². The van der Waals surface area contributed by atoms with Crippen LogP contribution in [0.15, 0.2) is 52.0 Å². The van der Waals surface area contributed by atoms with Gasteiger partial charge in [-0.1, -0.05) is 0 Å². The summed E-state index contributed by atoms with van der Waals surface area (Å²) in [6.45, 7) is 18.1. The third-order valence-electron chi connectivity index (χ3n) is 6.43. The molecular weight excluding hydrogens is 509 g/mol. The fourth-order valence-corrected chi connectivity index (χ4v) is 21.5. The van der Waals surface area contributed by atoms with Crippen LogP contribution in [0.5, 0.6) is 0 Å². The molecule has 0 heterocycles. The van der Waals surface area contributed by atoms with Crippen LogP contribution in [0.25, 0.3) is 0 Å². The normalized spacial score (nSPS) is 12.3. The Labute approximate surface area is 196 Å². The minimum absolute atomic E-state index is 0.338. The molecule has 5 heteroatoms. The number of nitrogens with zero attached hydrogens (tertiary/aromatic N) is 1. The van der Waals surface area contributed by atoms with Crippen molar-refractivity contribution < 1.29 is 8.42 Å². The molecule has 31 heavy (non-hydrogen) atoms. The zero-order valence-electron chi connectivity index (χ0n) is 20.5. The van der Waals surface area contributed by atoms with Crippen molar-refractivity contribution in [1.29, 1.82) is 0 Å². The summed E-state index contributed by atoms with van der Waals surface area (Å²) in [6, 6.07) is 7.14. The van der Waals surface area contributed by atoms with Crippen molar-refractivity contribution in [2.45, 2.75) is 90.8 Å². The van der Waals surface area contributed by atoms with E-state index in [0.29, 0.717) is 18.0 Å². The molecule has 0 N–H and O–H groups in total. The number of rotatable bonds is 17. The monoisotopic (exact) mass is 555 g/mol. The molecule has 0 aliphatic heterocycles. The topological polar surface area (TPSA) is 37.4 Å². The standard InChI is InChI=1S/C14H18NO2S.3C4H9.Sn/c1-4-6-12-15(11-5-2)18(16,17)14-9-7-13(3)8-10-14;3*1-3-4-2;/h5,7-10H,1-2,6,11-12H2,3H3;3*1,3-4H2,2H3;. The van der Waals surface area contributed by atoms with Crippen LogP contribution < -0.4 is 0 Å². The SMILES string of the molecule is C=CCN(CC[C](=C)[Sn]([CH2]CCC)([CH2]CCC)[CH2]CCC)S(=O)(=O)c1ccc(C)cc1. The zero-order chi connectivity index (χ0) is 23.3. The van der Waals surface area contributed by atoms with E-state index in [1.165, 1.54) is 55.4 Å². The molecule has 0 radical (unpaired) electrons. The maximum atomic E-state index is 13.3. The Kier molecular flexibility index (Phi) is 13.3. The molecule has 176 valence electrons. The van der Waals surface area contributed by atoms with Crippen LogP contribution in [0.1, 0.15) is 71.3 Å². The van der Waals surface area contributed by atoms with Gasteiger partial charge in [0.15, 0.2) is 0 Å². The zero-order valence-corrected chi connectivity index (χ0v) is 24.1. The molecule has 0 saturated carbocycles. The van der Waals surface area contributed by atoms with Crippen LogP contribution in [0, 0.1) is 6.92 Å². The molecule has 0 bridgehead atoms. The molecule has 1 aromatic rings. The number of aryl methyl sites for hydroxylation is 1. The first-order valence-corrected chi connectivity index (χ1v) is 21.1. The Hall–Kier alpha value is -0.591. The number of unbranched alkanes of at least 4 members (excludes halogenated alkanes) is 3. The Morgan fingerprint density at radius 2 is 1.45 bits per heavy atom. The quantitative estimate of drug-likeness (QED) is 0.148. The van der Waals surface area contributed by atoms with Crippen molar-refractivity contribution in [3.05, 3.63) is 52.7 Å². The summed E-state index contributed by atoms with van der Waals surface area (Å²) < 4.78 is 33.7. The van der Waals surface area contributed by atoms with Crippen molar-refractivity contribution >= 4 is 28.4 Å². The van der Waals surface area contributed by atoms with Crippen molar-refractivity contribution in [3.8, 4) is 0 Å². The van der Waals surface area contributed by atoms with Gasteiger partial charge >= 0.3 is 198 Å². The van der Waals surface area contributed by atoms with Crippen LogP contribution >= 0.6 is 0 Å². The molecule has 3 nitrogen and oxygen atoms in total. The molecule has 0 amide bonds. The Morgan fingerprint density at radius 1 is 0.968 bits per heavy atom. The summed E-state index contributed by atoms with van der Waals surface area (Å²) in [5.74, 6) is 0. The molecule has 0 aliphatic rings. The fraction of sp³-hybridized carbons (Fsp3) is 0.615. The van der Waals surface area contributed by atoms with Gasteiger partial charge in [0.1, 0.15) is 0 Å². The maximum absolute atomic E-state index is 13.3. The molecule has 0 atom stereocenters. The number of hydrogen-bond donors (Lipinski definition) is 0. The predicted molar refractivity (Wildman–Crippen MR) is 139 cm³/mol. The minimum atomic E-state index is -3.53. The van der Waals surface area contributed by atoms with Crippen LogP contribution in [-0.4, -0.2) is 44.2 Å². The number of sulfonamides is 1. The molecule has 1 aromatic carbocycles. The fourth-order valence-electron chi connectivity index (χ4n) is 4.29. The van der Waals surface area contributed by atoms with E-state index in [9.17, 15) is 8.42 Å². The molecule has 0 aliphatic carbocycles. The van der Waals surface area contributed by atoms with Gasteiger partial charge in [-0.2, -0.15) is 0 Å². The summed E-state index contributed by atoms with van der Waals surface area (Å²) in [6.07, 6.45) is 10.1. The van der Waals surface area contributed by atoms with Crippen LogP contribution in [0.2, 0.25) is 13.3 Å². The average Bonchev–Trinajstić information content (AvgIpc) is 2.76. The first-order chi connectivity index (χ1) is 14.8. The summed E-state index contributed by atoms with van der Waals surface area (Å²) >= 11 is -2.55. The van der Waals surface area contributed by atoms with E-state index in [-0.39, 0.29) is 0 Å². The third-order valence-corrected chi connectivity index (χ3v) is 24.5. The average molecular weight is 554 g/mol. The molecule has 0 fully saturated rings. The van der Waals surface area contributed by atoms with E-state index in [1.807, 2.05) is 19.1 Å². The van der Waals surface area contributed by atoms with Crippen LogP contribution in [0.4, 0.5) is 0 Å². The molecule has 1 rings (SSSR count). The van der Waals surface area contributed by atoms with Gasteiger partial charge in [-0.05, 0) is 0 Å². The van der Waals surface area contributed by atoms with Gasteiger partial charge in [-0.25, -0.2) is 0 Å². The number of hydrogen-bond acceptors (Lipinski definition) is 2. The van der Waals surface area contributed by atoms with E-state index in [0.717, 1.165) is 12.0 Å². The molecule has 0 saturated heterocycles. The second-order valence-electron chi connectivity index (χ2n) is 8.91. The van der Waals surface area contributed by atoms with Gasteiger partial charge in [0.25, 0.3) is 0 Å². The van der Waals surface area contributed by atoms with Crippen molar-refractivity contribution in [1.82, 2.24) is 4.31 Å². The summed E-state index contributed by atoms with van der Waals surface area (Å²) in [5.41, 5.74) is 1.06. The van der Waals surface area contributed by atoms with Crippen molar-refractivity contribution in [2.75, 3.05) is 13.1 Å². The Bertz CT molecular complexity index is 749. The van der Waals surface area contributed by atoms with Gasteiger partial charge in [-0.15, -0.1) is 0 Å². The van der Waals surface area contributed by atoms with Crippen molar-refractivity contribution in [2.24, 2.45) is 0 Å². The third kappa shape index (κ3) is 8.69. The van der Waals surface area contributed by atoms with Gasteiger partial charge in [0.2, 0.25) is 0 Å². The van der Waals surface area contributed by atoms with Crippen molar-refractivity contribution in [3.63, 3.8) is 0 Å². The first-order valence-electron chi connectivity index (χ1n) is 12.1. The van der Waals surface area contributed by atoms with E-state index in [2.05, 4.69) is 33.9 Å².